The molecule has 0 aliphatic carbocycles. The molecule has 0 bridgehead atoms. The Morgan fingerprint density at radius 1 is 1.19 bits per heavy atom. The molecule has 0 saturated carbocycles. The zero-order valence-electron chi connectivity index (χ0n) is 11.8. The van der Waals surface area contributed by atoms with Crippen LogP contribution in [0.4, 0.5) is 0 Å². The first-order chi connectivity index (χ1) is 9.88. The molecule has 5 nitrogen and oxygen atoms in total. The van der Waals surface area contributed by atoms with Crippen LogP contribution in [-0.4, -0.2) is 25.6 Å². The molecule has 1 N–H and O–H groups in total. The number of sulfone groups is 1. The summed E-state index contributed by atoms with van der Waals surface area (Å²) in [4.78, 5) is 16.3. The standard InChI is InChI=1S/C15H16N2O3S/c1-11(13-4-3-9-16-10-13)17-15(18)12-5-7-14(8-6-12)21(2,19)20/h3-11H,1-2H3,(H,17,18). The smallest absolute Gasteiger partial charge is 0.251 e. The van der Waals surface area contributed by atoms with Gasteiger partial charge in [-0.15, -0.1) is 0 Å². The van der Waals surface area contributed by atoms with Crippen LogP contribution < -0.4 is 5.32 Å². The third-order valence-corrected chi connectivity index (χ3v) is 4.21. The molecular formula is C15H16N2O3S. The van der Waals surface area contributed by atoms with Gasteiger partial charge in [0.15, 0.2) is 9.84 Å². The van der Waals surface area contributed by atoms with Gasteiger partial charge in [-0.1, -0.05) is 6.07 Å². The molecule has 6 heteroatoms. The van der Waals surface area contributed by atoms with Crippen LogP contribution in [0, 0.1) is 0 Å². The van der Waals surface area contributed by atoms with Gasteiger partial charge in [-0.2, -0.15) is 0 Å². The van der Waals surface area contributed by atoms with Crippen molar-refractivity contribution in [1.29, 1.82) is 0 Å². The molecule has 1 heterocycles. The maximum Gasteiger partial charge on any atom is 0.251 e. The summed E-state index contributed by atoms with van der Waals surface area (Å²) in [5.41, 5.74) is 1.32. The van der Waals surface area contributed by atoms with Crippen LogP contribution in [-0.2, 0) is 9.84 Å². The van der Waals surface area contributed by atoms with Crippen LogP contribution in [0.3, 0.4) is 0 Å². The Morgan fingerprint density at radius 3 is 2.38 bits per heavy atom. The number of hydrogen-bond acceptors (Lipinski definition) is 4. The van der Waals surface area contributed by atoms with E-state index >= 15 is 0 Å². The fraction of sp³-hybridized carbons (Fsp3) is 0.200. The molecule has 1 aromatic heterocycles. The SMILES string of the molecule is CC(NC(=O)c1ccc(S(C)(=O)=O)cc1)c1cccnc1. The first kappa shape index (κ1) is 15.2. The highest BCUT2D eigenvalue weighted by atomic mass is 32.2. The Kier molecular flexibility index (Phi) is 4.37. The molecular weight excluding hydrogens is 288 g/mol. The van der Waals surface area contributed by atoms with E-state index in [0.29, 0.717) is 5.56 Å². The van der Waals surface area contributed by atoms with Crippen LogP contribution in [0.25, 0.3) is 0 Å². The van der Waals surface area contributed by atoms with E-state index in [4.69, 9.17) is 0 Å². The van der Waals surface area contributed by atoms with Gasteiger partial charge in [-0.05, 0) is 42.8 Å². The maximum atomic E-state index is 12.1. The van der Waals surface area contributed by atoms with E-state index in [1.165, 1.54) is 24.3 Å². The number of aromatic nitrogens is 1. The minimum atomic E-state index is -3.25. The number of carbonyl (C=O) groups is 1. The van der Waals surface area contributed by atoms with E-state index in [1.54, 1.807) is 18.5 Å². The van der Waals surface area contributed by atoms with E-state index in [0.717, 1.165) is 11.8 Å². The van der Waals surface area contributed by atoms with Gasteiger partial charge >= 0.3 is 0 Å². The van der Waals surface area contributed by atoms with Crippen LogP contribution in [0.1, 0.15) is 28.9 Å². The predicted molar refractivity (Wildman–Crippen MR) is 79.7 cm³/mol. The van der Waals surface area contributed by atoms with Gasteiger partial charge in [0.2, 0.25) is 0 Å². The van der Waals surface area contributed by atoms with Crippen molar-refractivity contribution >= 4 is 15.7 Å². The number of carbonyl (C=O) groups excluding carboxylic acids is 1. The van der Waals surface area contributed by atoms with Gasteiger partial charge in [-0.3, -0.25) is 9.78 Å². The van der Waals surface area contributed by atoms with Gasteiger partial charge in [0.05, 0.1) is 10.9 Å². The van der Waals surface area contributed by atoms with Crippen LogP contribution in [0.5, 0.6) is 0 Å². The highest BCUT2D eigenvalue weighted by Crippen LogP contribution is 2.13. The van der Waals surface area contributed by atoms with Crippen molar-refractivity contribution in [2.45, 2.75) is 17.9 Å². The van der Waals surface area contributed by atoms with E-state index in [2.05, 4.69) is 10.3 Å². The summed E-state index contributed by atoms with van der Waals surface area (Å²) < 4.78 is 22.7. The van der Waals surface area contributed by atoms with Crippen LogP contribution in [0.15, 0.2) is 53.7 Å². The number of benzene rings is 1. The second-order valence-electron chi connectivity index (χ2n) is 4.78. The molecule has 0 aliphatic heterocycles. The topological polar surface area (TPSA) is 76.1 Å². The lowest BCUT2D eigenvalue weighted by Gasteiger charge is -2.14. The summed E-state index contributed by atoms with van der Waals surface area (Å²) in [6.07, 6.45) is 4.49. The fourth-order valence-corrected chi connectivity index (χ4v) is 2.48. The van der Waals surface area contributed by atoms with Crippen molar-refractivity contribution in [2.75, 3.05) is 6.26 Å². The molecule has 1 aromatic carbocycles. The molecule has 110 valence electrons. The lowest BCUT2D eigenvalue weighted by atomic mass is 10.1. The van der Waals surface area contributed by atoms with Crippen molar-refractivity contribution in [3.8, 4) is 0 Å². The first-order valence-corrected chi connectivity index (χ1v) is 8.28. The zero-order valence-corrected chi connectivity index (χ0v) is 12.6. The Hall–Kier alpha value is -2.21. The maximum absolute atomic E-state index is 12.1. The Balaban J connectivity index is 2.11. The molecule has 1 unspecified atom stereocenters. The molecule has 0 aliphatic rings. The number of nitrogens with zero attached hydrogens (tertiary/aromatic N) is 1. The molecule has 0 spiro atoms. The van der Waals surface area contributed by atoms with Gasteiger partial charge in [0.1, 0.15) is 0 Å². The van der Waals surface area contributed by atoms with Gasteiger partial charge in [0, 0.05) is 24.2 Å². The van der Waals surface area contributed by atoms with Crippen LogP contribution in [0.2, 0.25) is 0 Å². The van der Waals surface area contributed by atoms with E-state index < -0.39 is 9.84 Å². The number of hydrogen-bond donors (Lipinski definition) is 1. The summed E-state index contributed by atoms with van der Waals surface area (Å²) in [5, 5.41) is 2.84. The fourth-order valence-electron chi connectivity index (χ4n) is 1.85. The molecule has 1 amide bonds. The quantitative estimate of drug-likeness (QED) is 0.937. The average Bonchev–Trinajstić information content (AvgIpc) is 2.47. The van der Waals surface area contributed by atoms with Crippen molar-refractivity contribution in [1.82, 2.24) is 10.3 Å². The van der Waals surface area contributed by atoms with E-state index in [9.17, 15) is 13.2 Å². The second-order valence-corrected chi connectivity index (χ2v) is 6.79. The van der Waals surface area contributed by atoms with Gasteiger partial charge in [-0.25, -0.2) is 8.42 Å². The van der Waals surface area contributed by atoms with E-state index in [1.807, 2.05) is 13.0 Å². The lowest BCUT2D eigenvalue weighted by molar-refractivity contribution is 0.0939. The summed E-state index contributed by atoms with van der Waals surface area (Å²) in [5.74, 6) is -0.258. The molecule has 0 fully saturated rings. The van der Waals surface area contributed by atoms with Crippen molar-refractivity contribution in [3.63, 3.8) is 0 Å². The third kappa shape index (κ3) is 3.88. The molecule has 2 rings (SSSR count). The van der Waals surface area contributed by atoms with Gasteiger partial charge < -0.3 is 5.32 Å². The zero-order chi connectivity index (χ0) is 15.5. The predicted octanol–water partition coefficient (Wildman–Crippen LogP) is 1.98. The highest BCUT2D eigenvalue weighted by Gasteiger charge is 2.13. The Labute approximate surface area is 124 Å². The van der Waals surface area contributed by atoms with Crippen molar-refractivity contribution < 1.29 is 13.2 Å². The summed E-state index contributed by atoms with van der Waals surface area (Å²) >= 11 is 0. The van der Waals surface area contributed by atoms with Crippen LogP contribution >= 0.6 is 0 Å². The normalized spacial score (nSPS) is 12.7. The third-order valence-electron chi connectivity index (χ3n) is 3.08. The monoisotopic (exact) mass is 304 g/mol. The molecule has 0 saturated heterocycles. The molecule has 0 radical (unpaired) electrons. The summed E-state index contributed by atoms with van der Waals surface area (Å²) in [6.45, 7) is 1.86. The number of amides is 1. The highest BCUT2D eigenvalue weighted by molar-refractivity contribution is 7.90. The van der Waals surface area contributed by atoms with E-state index in [-0.39, 0.29) is 16.8 Å². The number of nitrogens with one attached hydrogen (secondary N) is 1. The lowest BCUT2D eigenvalue weighted by Crippen LogP contribution is -2.26. The molecule has 21 heavy (non-hydrogen) atoms. The molecule has 2 aromatic rings. The minimum absolute atomic E-state index is 0.180. The van der Waals surface area contributed by atoms with Crippen molar-refractivity contribution in [3.05, 3.63) is 59.9 Å². The number of rotatable bonds is 4. The van der Waals surface area contributed by atoms with Gasteiger partial charge in [0.25, 0.3) is 5.91 Å². The van der Waals surface area contributed by atoms with Crippen molar-refractivity contribution in [2.24, 2.45) is 0 Å². The summed E-state index contributed by atoms with van der Waals surface area (Å²) in [6, 6.07) is 9.37. The average molecular weight is 304 g/mol. The Bertz CT molecular complexity index is 725. The number of pyridine rings is 1. The first-order valence-electron chi connectivity index (χ1n) is 6.39. The second kappa shape index (κ2) is 6.05. The minimum Gasteiger partial charge on any atom is -0.345 e. The summed E-state index contributed by atoms with van der Waals surface area (Å²) in [7, 11) is -3.25. The molecule has 1 atom stereocenters. The Morgan fingerprint density at radius 2 is 1.86 bits per heavy atom. The largest absolute Gasteiger partial charge is 0.345 e.